The van der Waals surface area contributed by atoms with E-state index in [0.717, 1.165) is 11.1 Å². The largest absolute Gasteiger partial charge is 0.289 e. The number of ketones is 2. The molecule has 0 saturated carbocycles. The highest BCUT2D eigenvalue weighted by Gasteiger charge is 2.24. The van der Waals surface area contributed by atoms with Gasteiger partial charge < -0.3 is 0 Å². The second-order valence-electron chi connectivity index (χ2n) is 5.07. The number of carbonyl (C=O) groups excluding carboxylic acids is 2. The van der Waals surface area contributed by atoms with E-state index < -0.39 is 0 Å². The van der Waals surface area contributed by atoms with Crippen molar-refractivity contribution in [2.75, 3.05) is 0 Å². The number of Topliss-reactive ketones (excluding diaryl/α,β-unsaturated/α-hetero) is 1. The molecule has 2 nitrogen and oxygen atoms in total. The molecule has 0 spiro atoms. The fourth-order valence-electron chi connectivity index (χ4n) is 2.54. The van der Waals surface area contributed by atoms with Crippen molar-refractivity contribution in [1.82, 2.24) is 0 Å². The fraction of sp³-hybridized carbons (Fsp3) is 0.111. The van der Waals surface area contributed by atoms with Crippen molar-refractivity contribution in [2.24, 2.45) is 0 Å². The van der Waals surface area contributed by atoms with Gasteiger partial charge in [0.1, 0.15) is 0 Å². The summed E-state index contributed by atoms with van der Waals surface area (Å²) in [6.45, 7) is 2.01. The first-order valence-corrected chi connectivity index (χ1v) is 6.59. The lowest BCUT2D eigenvalue weighted by atomic mass is 9.86. The summed E-state index contributed by atoms with van der Waals surface area (Å²) >= 11 is 0. The van der Waals surface area contributed by atoms with Crippen LogP contribution in [0.2, 0.25) is 0 Å². The summed E-state index contributed by atoms with van der Waals surface area (Å²) < 4.78 is 0. The van der Waals surface area contributed by atoms with Crippen LogP contribution >= 0.6 is 0 Å². The van der Waals surface area contributed by atoms with E-state index in [2.05, 4.69) is 0 Å². The maximum atomic E-state index is 12.4. The van der Waals surface area contributed by atoms with E-state index in [4.69, 9.17) is 0 Å². The van der Waals surface area contributed by atoms with Gasteiger partial charge in [-0.1, -0.05) is 54.1 Å². The molecule has 0 heterocycles. The standard InChI is InChI=1S/C18H14O2/c1-12-5-4-6-13(9-12)10-14-11-17(19)15-7-2-3-8-16(15)18(14)20/h2-9,11H,10H2,1H3. The van der Waals surface area contributed by atoms with Gasteiger partial charge in [-0.05, 0) is 18.6 Å². The highest BCUT2D eigenvalue weighted by molar-refractivity contribution is 6.24. The van der Waals surface area contributed by atoms with Gasteiger partial charge in [0.25, 0.3) is 0 Å². The van der Waals surface area contributed by atoms with Gasteiger partial charge in [-0.15, -0.1) is 0 Å². The average Bonchev–Trinajstić information content (AvgIpc) is 2.45. The van der Waals surface area contributed by atoms with Crippen LogP contribution < -0.4 is 0 Å². The lowest BCUT2D eigenvalue weighted by molar-refractivity contribution is 0.0982. The van der Waals surface area contributed by atoms with Gasteiger partial charge >= 0.3 is 0 Å². The zero-order valence-corrected chi connectivity index (χ0v) is 11.2. The Kier molecular flexibility index (Phi) is 3.07. The molecule has 0 unspecified atom stereocenters. The Morgan fingerprint density at radius 2 is 1.65 bits per heavy atom. The van der Waals surface area contributed by atoms with E-state index in [9.17, 15) is 9.59 Å². The molecule has 2 aromatic rings. The van der Waals surface area contributed by atoms with Crippen molar-refractivity contribution in [1.29, 1.82) is 0 Å². The van der Waals surface area contributed by atoms with Gasteiger partial charge in [0, 0.05) is 23.1 Å². The van der Waals surface area contributed by atoms with E-state index >= 15 is 0 Å². The van der Waals surface area contributed by atoms with Gasteiger partial charge in [-0.25, -0.2) is 0 Å². The highest BCUT2D eigenvalue weighted by Crippen LogP contribution is 2.23. The fourth-order valence-corrected chi connectivity index (χ4v) is 2.54. The van der Waals surface area contributed by atoms with Crippen LogP contribution in [0, 0.1) is 6.92 Å². The molecule has 0 aromatic heterocycles. The van der Waals surface area contributed by atoms with Crippen LogP contribution in [0.5, 0.6) is 0 Å². The SMILES string of the molecule is Cc1cccc(CC2=CC(=O)c3ccccc3C2=O)c1. The number of allylic oxidation sites excluding steroid dienone is 2. The number of carbonyl (C=O) groups is 2. The molecule has 2 heteroatoms. The number of hydrogen-bond donors (Lipinski definition) is 0. The Morgan fingerprint density at radius 1 is 0.900 bits per heavy atom. The molecule has 0 bridgehead atoms. The van der Waals surface area contributed by atoms with Crippen LogP contribution in [0.3, 0.4) is 0 Å². The summed E-state index contributed by atoms with van der Waals surface area (Å²) in [6, 6.07) is 15.0. The lowest BCUT2D eigenvalue weighted by Crippen LogP contribution is -2.18. The van der Waals surface area contributed by atoms with Gasteiger partial charge in [0.05, 0.1) is 0 Å². The molecule has 0 radical (unpaired) electrons. The number of benzene rings is 2. The molecule has 1 aliphatic carbocycles. The Morgan fingerprint density at radius 3 is 2.40 bits per heavy atom. The highest BCUT2D eigenvalue weighted by atomic mass is 16.1. The van der Waals surface area contributed by atoms with Crippen LogP contribution in [-0.4, -0.2) is 11.6 Å². The summed E-state index contributed by atoms with van der Waals surface area (Å²) in [5, 5.41) is 0. The molecule has 2 aromatic carbocycles. The molecule has 0 fully saturated rings. The second-order valence-corrected chi connectivity index (χ2v) is 5.07. The normalized spacial score (nSPS) is 13.9. The van der Waals surface area contributed by atoms with Crippen molar-refractivity contribution in [3.05, 3.63) is 82.4 Å². The minimum atomic E-state index is -0.0807. The minimum Gasteiger partial charge on any atom is -0.289 e. The van der Waals surface area contributed by atoms with Gasteiger partial charge in [0.15, 0.2) is 11.6 Å². The van der Waals surface area contributed by atoms with Crippen molar-refractivity contribution in [3.8, 4) is 0 Å². The third-order valence-corrected chi connectivity index (χ3v) is 3.51. The van der Waals surface area contributed by atoms with Crippen LogP contribution in [0.15, 0.2) is 60.2 Å². The molecule has 20 heavy (non-hydrogen) atoms. The molecular formula is C18H14O2. The predicted octanol–water partition coefficient (Wildman–Crippen LogP) is 3.54. The van der Waals surface area contributed by atoms with Crippen molar-refractivity contribution < 1.29 is 9.59 Å². The van der Waals surface area contributed by atoms with Crippen LogP contribution in [0.1, 0.15) is 31.8 Å². The monoisotopic (exact) mass is 262 g/mol. The molecule has 98 valence electrons. The lowest BCUT2D eigenvalue weighted by Gasteiger charge is -2.15. The van der Waals surface area contributed by atoms with Crippen molar-refractivity contribution in [2.45, 2.75) is 13.3 Å². The maximum Gasteiger partial charge on any atom is 0.190 e. The second kappa shape index (κ2) is 4.89. The van der Waals surface area contributed by atoms with Gasteiger partial charge in [0.2, 0.25) is 0 Å². The molecule has 3 rings (SSSR count). The van der Waals surface area contributed by atoms with Gasteiger partial charge in [-0.3, -0.25) is 9.59 Å². The average molecular weight is 262 g/mol. The Bertz CT molecular complexity index is 739. The molecule has 0 saturated heterocycles. The Hall–Kier alpha value is -2.48. The van der Waals surface area contributed by atoms with Crippen molar-refractivity contribution >= 4 is 11.6 Å². The molecule has 0 aliphatic heterocycles. The zero-order chi connectivity index (χ0) is 14.1. The quantitative estimate of drug-likeness (QED) is 0.829. The van der Waals surface area contributed by atoms with Crippen LogP contribution in [0.25, 0.3) is 0 Å². The van der Waals surface area contributed by atoms with Crippen LogP contribution in [0.4, 0.5) is 0 Å². The Balaban J connectivity index is 1.96. The summed E-state index contributed by atoms with van der Waals surface area (Å²) in [7, 11) is 0. The maximum absolute atomic E-state index is 12.4. The molecule has 0 N–H and O–H groups in total. The van der Waals surface area contributed by atoms with E-state index in [0.29, 0.717) is 23.1 Å². The topological polar surface area (TPSA) is 34.1 Å². The number of hydrogen-bond acceptors (Lipinski definition) is 2. The first-order chi connectivity index (χ1) is 9.65. The summed E-state index contributed by atoms with van der Waals surface area (Å²) in [5.41, 5.74) is 3.79. The first-order valence-electron chi connectivity index (χ1n) is 6.59. The third-order valence-electron chi connectivity index (χ3n) is 3.51. The minimum absolute atomic E-state index is 0.0401. The zero-order valence-electron chi connectivity index (χ0n) is 11.2. The summed E-state index contributed by atoms with van der Waals surface area (Å²) in [6.07, 6.45) is 1.98. The van der Waals surface area contributed by atoms with E-state index in [1.165, 1.54) is 6.08 Å². The van der Waals surface area contributed by atoms with Gasteiger partial charge in [-0.2, -0.15) is 0 Å². The van der Waals surface area contributed by atoms with E-state index in [-0.39, 0.29) is 11.6 Å². The van der Waals surface area contributed by atoms with Crippen molar-refractivity contribution in [3.63, 3.8) is 0 Å². The summed E-state index contributed by atoms with van der Waals surface area (Å²) in [4.78, 5) is 24.5. The smallest absolute Gasteiger partial charge is 0.190 e. The summed E-state index contributed by atoms with van der Waals surface area (Å²) in [5.74, 6) is -0.121. The molecule has 1 aliphatic rings. The van der Waals surface area contributed by atoms with Crippen LogP contribution in [-0.2, 0) is 6.42 Å². The number of rotatable bonds is 2. The van der Waals surface area contributed by atoms with E-state index in [1.807, 2.05) is 31.2 Å². The molecular weight excluding hydrogens is 248 g/mol. The number of aryl methyl sites for hydroxylation is 1. The predicted molar refractivity (Wildman–Crippen MR) is 78.1 cm³/mol. The molecule has 0 amide bonds. The first kappa shape index (κ1) is 12.5. The Labute approximate surface area is 117 Å². The van der Waals surface area contributed by atoms with E-state index in [1.54, 1.807) is 24.3 Å². The molecule has 0 atom stereocenters. The third kappa shape index (κ3) is 2.21. The number of fused-ring (bicyclic) bond motifs is 1.